The normalized spacial score (nSPS) is 24.7. The average molecular weight is 269 g/mol. The molecule has 0 radical (unpaired) electrons. The molecule has 1 aliphatic carbocycles. The molecular formula is C14H27N3S. The largest absolute Gasteiger partial charge is 0.392 e. The lowest BCUT2D eigenvalue weighted by Gasteiger charge is -2.41. The molecule has 4 heteroatoms. The molecule has 0 aromatic carbocycles. The molecule has 1 unspecified atom stereocenters. The minimum Gasteiger partial charge on any atom is -0.392 e. The van der Waals surface area contributed by atoms with Gasteiger partial charge in [-0.15, -0.1) is 0 Å². The second-order valence-corrected chi connectivity index (χ2v) is 6.31. The summed E-state index contributed by atoms with van der Waals surface area (Å²) >= 11 is 5.21. The first kappa shape index (κ1) is 14.2. The third kappa shape index (κ3) is 3.65. The lowest BCUT2D eigenvalue weighted by Crippen LogP contribution is -2.54. The molecule has 0 amide bonds. The van der Waals surface area contributed by atoms with Crippen molar-refractivity contribution >= 4 is 17.2 Å². The molecular weight excluding hydrogens is 242 g/mol. The highest BCUT2D eigenvalue weighted by Gasteiger charge is 2.27. The van der Waals surface area contributed by atoms with Crippen LogP contribution in [-0.4, -0.2) is 53.6 Å². The second-order valence-electron chi connectivity index (χ2n) is 5.84. The topological polar surface area (TPSA) is 32.5 Å². The fourth-order valence-corrected chi connectivity index (χ4v) is 3.34. The van der Waals surface area contributed by atoms with E-state index in [1.54, 1.807) is 0 Å². The Morgan fingerprint density at radius 3 is 2.39 bits per heavy atom. The Balaban J connectivity index is 1.75. The summed E-state index contributed by atoms with van der Waals surface area (Å²) in [4.78, 5) is 5.80. The summed E-state index contributed by atoms with van der Waals surface area (Å²) < 4.78 is 0. The molecule has 1 atom stereocenters. The van der Waals surface area contributed by atoms with Crippen molar-refractivity contribution in [2.45, 2.75) is 45.1 Å². The van der Waals surface area contributed by atoms with Gasteiger partial charge in [-0.3, -0.25) is 4.90 Å². The van der Waals surface area contributed by atoms with Crippen LogP contribution in [0.1, 0.15) is 39.0 Å². The fraction of sp³-hybridized carbons (Fsp3) is 0.929. The molecule has 1 aliphatic heterocycles. The van der Waals surface area contributed by atoms with E-state index in [-0.39, 0.29) is 0 Å². The molecule has 1 saturated carbocycles. The summed E-state index contributed by atoms with van der Waals surface area (Å²) in [5, 5.41) is 0. The standard InChI is InChI=1S/C14H27N3S/c1-2-4-13(14(15)18)17-9-7-16(8-10-17)11-12-5-3-6-12/h12-13H,2-11H2,1H3,(H2,15,18). The Kier molecular flexibility index (Phi) is 5.39. The first-order valence-corrected chi connectivity index (χ1v) is 7.87. The van der Waals surface area contributed by atoms with Gasteiger partial charge in [0.25, 0.3) is 0 Å². The SMILES string of the molecule is CCCC(C(N)=S)N1CCN(CC2CCC2)CC1. The Labute approximate surface area is 117 Å². The van der Waals surface area contributed by atoms with Crippen LogP contribution in [0.5, 0.6) is 0 Å². The average Bonchev–Trinajstić information content (AvgIpc) is 2.31. The van der Waals surface area contributed by atoms with E-state index >= 15 is 0 Å². The third-order valence-corrected chi connectivity index (χ3v) is 4.75. The summed E-state index contributed by atoms with van der Waals surface area (Å²) in [6, 6.07) is 0.329. The van der Waals surface area contributed by atoms with E-state index in [0.29, 0.717) is 11.0 Å². The number of piperazine rings is 1. The number of nitrogens with two attached hydrogens (primary N) is 1. The molecule has 3 nitrogen and oxygen atoms in total. The van der Waals surface area contributed by atoms with Gasteiger partial charge in [0.1, 0.15) is 0 Å². The summed E-state index contributed by atoms with van der Waals surface area (Å²) in [5.74, 6) is 0.985. The predicted octanol–water partition coefficient (Wildman–Crippen LogP) is 1.86. The van der Waals surface area contributed by atoms with Gasteiger partial charge in [0.15, 0.2) is 0 Å². The Morgan fingerprint density at radius 2 is 1.94 bits per heavy atom. The smallest absolute Gasteiger partial charge is 0.0902 e. The van der Waals surface area contributed by atoms with Crippen LogP contribution in [0.3, 0.4) is 0 Å². The van der Waals surface area contributed by atoms with Crippen molar-refractivity contribution in [2.24, 2.45) is 11.7 Å². The van der Waals surface area contributed by atoms with Crippen molar-refractivity contribution in [1.82, 2.24) is 9.80 Å². The predicted molar refractivity (Wildman–Crippen MR) is 80.8 cm³/mol. The quantitative estimate of drug-likeness (QED) is 0.746. The van der Waals surface area contributed by atoms with E-state index in [9.17, 15) is 0 Å². The fourth-order valence-electron chi connectivity index (χ4n) is 3.08. The monoisotopic (exact) mass is 269 g/mol. The first-order chi connectivity index (χ1) is 8.70. The molecule has 0 bridgehead atoms. The zero-order valence-corrected chi connectivity index (χ0v) is 12.4. The molecule has 1 heterocycles. The molecule has 2 aliphatic rings. The maximum Gasteiger partial charge on any atom is 0.0902 e. The van der Waals surface area contributed by atoms with Crippen molar-refractivity contribution < 1.29 is 0 Å². The van der Waals surface area contributed by atoms with Gasteiger partial charge in [-0.25, -0.2) is 0 Å². The molecule has 18 heavy (non-hydrogen) atoms. The van der Waals surface area contributed by atoms with E-state index in [0.717, 1.165) is 31.8 Å². The Bertz CT molecular complexity index is 270. The molecule has 0 aromatic rings. The molecule has 0 aromatic heterocycles. The van der Waals surface area contributed by atoms with Crippen molar-refractivity contribution in [1.29, 1.82) is 0 Å². The van der Waals surface area contributed by atoms with Crippen LogP contribution >= 0.6 is 12.2 Å². The Hall–Kier alpha value is -0.190. The van der Waals surface area contributed by atoms with E-state index in [2.05, 4.69) is 16.7 Å². The molecule has 0 spiro atoms. The highest BCUT2D eigenvalue weighted by Crippen LogP contribution is 2.27. The number of hydrogen-bond acceptors (Lipinski definition) is 3. The number of thiocarbonyl (C=S) groups is 1. The van der Waals surface area contributed by atoms with Gasteiger partial charge in [-0.05, 0) is 25.2 Å². The van der Waals surface area contributed by atoms with Gasteiger partial charge >= 0.3 is 0 Å². The number of rotatable bonds is 6. The highest BCUT2D eigenvalue weighted by atomic mass is 32.1. The lowest BCUT2D eigenvalue weighted by molar-refractivity contribution is 0.0884. The maximum absolute atomic E-state index is 5.88. The van der Waals surface area contributed by atoms with Crippen LogP contribution in [0.4, 0.5) is 0 Å². The minimum absolute atomic E-state index is 0.329. The molecule has 1 saturated heterocycles. The van der Waals surface area contributed by atoms with Crippen LogP contribution in [0, 0.1) is 5.92 Å². The van der Waals surface area contributed by atoms with Crippen molar-refractivity contribution in [3.63, 3.8) is 0 Å². The van der Waals surface area contributed by atoms with Gasteiger partial charge in [-0.1, -0.05) is 32.0 Å². The first-order valence-electron chi connectivity index (χ1n) is 7.46. The zero-order chi connectivity index (χ0) is 13.0. The van der Waals surface area contributed by atoms with Gasteiger partial charge in [0, 0.05) is 32.7 Å². The number of hydrogen-bond donors (Lipinski definition) is 1. The van der Waals surface area contributed by atoms with Crippen molar-refractivity contribution in [3.8, 4) is 0 Å². The van der Waals surface area contributed by atoms with E-state index in [1.165, 1.54) is 38.9 Å². The van der Waals surface area contributed by atoms with E-state index < -0.39 is 0 Å². The van der Waals surface area contributed by atoms with E-state index in [4.69, 9.17) is 18.0 Å². The molecule has 104 valence electrons. The van der Waals surface area contributed by atoms with Gasteiger partial charge in [0.2, 0.25) is 0 Å². The lowest BCUT2D eigenvalue weighted by atomic mass is 9.85. The summed E-state index contributed by atoms with van der Waals surface area (Å²) in [5.41, 5.74) is 5.88. The second kappa shape index (κ2) is 6.83. The summed E-state index contributed by atoms with van der Waals surface area (Å²) in [7, 11) is 0. The van der Waals surface area contributed by atoms with Crippen molar-refractivity contribution in [2.75, 3.05) is 32.7 Å². The van der Waals surface area contributed by atoms with Gasteiger partial charge < -0.3 is 10.6 Å². The van der Waals surface area contributed by atoms with Crippen LogP contribution in [0.2, 0.25) is 0 Å². The number of nitrogens with zero attached hydrogens (tertiary/aromatic N) is 2. The highest BCUT2D eigenvalue weighted by molar-refractivity contribution is 7.80. The molecule has 2 N–H and O–H groups in total. The molecule has 2 rings (SSSR count). The van der Waals surface area contributed by atoms with Gasteiger partial charge in [0.05, 0.1) is 11.0 Å². The summed E-state index contributed by atoms with van der Waals surface area (Å²) in [6.45, 7) is 8.18. The van der Waals surface area contributed by atoms with Crippen molar-refractivity contribution in [3.05, 3.63) is 0 Å². The van der Waals surface area contributed by atoms with Crippen LogP contribution in [0.25, 0.3) is 0 Å². The van der Waals surface area contributed by atoms with Crippen LogP contribution < -0.4 is 5.73 Å². The van der Waals surface area contributed by atoms with E-state index in [1.807, 2.05) is 0 Å². The summed E-state index contributed by atoms with van der Waals surface area (Å²) in [6.07, 6.45) is 6.62. The third-order valence-electron chi connectivity index (χ3n) is 4.48. The van der Waals surface area contributed by atoms with Gasteiger partial charge in [-0.2, -0.15) is 0 Å². The molecule has 2 fully saturated rings. The van der Waals surface area contributed by atoms with Crippen LogP contribution in [-0.2, 0) is 0 Å². The maximum atomic E-state index is 5.88. The zero-order valence-electron chi connectivity index (χ0n) is 11.6. The minimum atomic E-state index is 0.329. The Morgan fingerprint density at radius 1 is 1.28 bits per heavy atom. The van der Waals surface area contributed by atoms with Crippen LogP contribution in [0.15, 0.2) is 0 Å².